The number of rotatable bonds is 2. The van der Waals surface area contributed by atoms with E-state index in [1.165, 1.54) is 6.07 Å². The highest BCUT2D eigenvalue weighted by molar-refractivity contribution is 5.70. The molecule has 14 heavy (non-hydrogen) atoms. The summed E-state index contributed by atoms with van der Waals surface area (Å²) in [4.78, 5) is 10.5. The first-order chi connectivity index (χ1) is 6.66. The summed E-state index contributed by atoms with van der Waals surface area (Å²) in [6.45, 7) is 0. The maximum Gasteiger partial charge on any atom is 0.307 e. The van der Waals surface area contributed by atoms with Crippen LogP contribution in [0.2, 0.25) is 0 Å². The lowest BCUT2D eigenvalue weighted by Gasteiger charge is -2.04. The van der Waals surface area contributed by atoms with Gasteiger partial charge in [-0.3, -0.25) is 4.79 Å². The van der Waals surface area contributed by atoms with Gasteiger partial charge in [-0.2, -0.15) is 0 Å². The smallest absolute Gasteiger partial charge is 0.307 e. The molecule has 1 aromatic rings. The van der Waals surface area contributed by atoms with E-state index in [1.807, 2.05) is 0 Å². The number of hydrogen-bond acceptors (Lipinski definition) is 1. The van der Waals surface area contributed by atoms with Crippen molar-refractivity contribution in [2.24, 2.45) is 0 Å². The van der Waals surface area contributed by atoms with Gasteiger partial charge < -0.3 is 5.11 Å². The van der Waals surface area contributed by atoms with Crippen LogP contribution in [0.4, 0.5) is 4.39 Å². The predicted octanol–water partition coefficient (Wildman–Crippen LogP) is 1.94. The zero-order valence-electron chi connectivity index (χ0n) is 7.72. The molecule has 1 aromatic carbocycles. The molecule has 0 saturated heterocycles. The molecule has 0 unspecified atom stereocenters. The van der Waals surface area contributed by atoms with Crippen molar-refractivity contribution in [3.63, 3.8) is 0 Å². The molecular formula is C11H11FO2. The van der Waals surface area contributed by atoms with Gasteiger partial charge in [-0.15, -0.1) is 0 Å². The second-order valence-electron chi connectivity index (χ2n) is 3.64. The molecule has 0 spiro atoms. The van der Waals surface area contributed by atoms with Crippen LogP contribution in [0.25, 0.3) is 0 Å². The monoisotopic (exact) mass is 194 g/mol. The van der Waals surface area contributed by atoms with E-state index in [-0.39, 0.29) is 12.2 Å². The van der Waals surface area contributed by atoms with Crippen molar-refractivity contribution in [1.82, 2.24) is 0 Å². The summed E-state index contributed by atoms with van der Waals surface area (Å²) >= 11 is 0. The first-order valence-electron chi connectivity index (χ1n) is 4.69. The average Bonchev–Trinajstić information content (AvgIpc) is 2.51. The molecule has 0 fully saturated rings. The second kappa shape index (κ2) is 3.40. The van der Waals surface area contributed by atoms with Crippen molar-refractivity contribution < 1.29 is 14.3 Å². The van der Waals surface area contributed by atoms with Crippen molar-refractivity contribution in [2.45, 2.75) is 25.7 Å². The van der Waals surface area contributed by atoms with Crippen LogP contribution in [-0.2, 0) is 24.1 Å². The molecule has 0 bridgehead atoms. The molecule has 0 aromatic heterocycles. The fourth-order valence-corrected chi connectivity index (χ4v) is 1.94. The van der Waals surface area contributed by atoms with Gasteiger partial charge in [-0.25, -0.2) is 4.39 Å². The standard InChI is InChI=1S/C11H11FO2/c12-10-5-8-3-1-2-7(8)4-9(10)6-11(13)14/h4-5H,1-3,6H2,(H,13,14). The number of fused-ring (bicyclic) bond motifs is 1. The van der Waals surface area contributed by atoms with Crippen LogP contribution in [0.1, 0.15) is 23.1 Å². The number of aryl methyl sites for hydroxylation is 2. The van der Waals surface area contributed by atoms with Crippen molar-refractivity contribution in [3.05, 3.63) is 34.6 Å². The van der Waals surface area contributed by atoms with Crippen molar-refractivity contribution >= 4 is 5.97 Å². The topological polar surface area (TPSA) is 37.3 Å². The minimum Gasteiger partial charge on any atom is -0.481 e. The summed E-state index contributed by atoms with van der Waals surface area (Å²) in [5.41, 5.74) is 2.46. The summed E-state index contributed by atoms with van der Waals surface area (Å²) in [5.74, 6) is -1.37. The van der Waals surface area contributed by atoms with Crippen LogP contribution < -0.4 is 0 Å². The molecule has 1 aliphatic rings. The zero-order valence-corrected chi connectivity index (χ0v) is 7.72. The zero-order chi connectivity index (χ0) is 10.1. The van der Waals surface area contributed by atoms with Crippen molar-refractivity contribution in [1.29, 1.82) is 0 Å². The van der Waals surface area contributed by atoms with Crippen LogP contribution in [-0.4, -0.2) is 11.1 Å². The Hall–Kier alpha value is -1.38. The third-order valence-corrected chi connectivity index (χ3v) is 2.60. The lowest BCUT2D eigenvalue weighted by molar-refractivity contribution is -0.136. The molecule has 2 rings (SSSR count). The van der Waals surface area contributed by atoms with Crippen LogP contribution in [0.3, 0.4) is 0 Å². The lowest BCUT2D eigenvalue weighted by atomic mass is 10.0. The highest BCUT2D eigenvalue weighted by Crippen LogP contribution is 2.25. The van der Waals surface area contributed by atoms with E-state index in [1.54, 1.807) is 6.07 Å². The van der Waals surface area contributed by atoms with Crippen LogP contribution in [0, 0.1) is 5.82 Å². The minimum absolute atomic E-state index is 0.223. The number of benzene rings is 1. The van der Waals surface area contributed by atoms with Gasteiger partial charge in [0, 0.05) is 0 Å². The molecule has 0 aliphatic heterocycles. The van der Waals surface area contributed by atoms with Gasteiger partial charge in [0.15, 0.2) is 0 Å². The molecule has 0 saturated carbocycles. The number of halogens is 1. The second-order valence-corrected chi connectivity index (χ2v) is 3.64. The number of aliphatic carboxylic acids is 1. The molecule has 0 amide bonds. The predicted molar refractivity (Wildman–Crippen MR) is 49.8 cm³/mol. The van der Waals surface area contributed by atoms with E-state index in [0.29, 0.717) is 5.56 Å². The largest absolute Gasteiger partial charge is 0.481 e. The molecule has 2 nitrogen and oxygen atoms in total. The average molecular weight is 194 g/mol. The highest BCUT2D eigenvalue weighted by atomic mass is 19.1. The van der Waals surface area contributed by atoms with E-state index in [4.69, 9.17) is 5.11 Å². The molecule has 0 heterocycles. The molecule has 0 atom stereocenters. The fourth-order valence-electron chi connectivity index (χ4n) is 1.94. The molecule has 0 radical (unpaired) electrons. The van der Waals surface area contributed by atoms with Gasteiger partial charge in [0.25, 0.3) is 0 Å². The number of carboxylic acid groups (broad SMARTS) is 1. The highest BCUT2D eigenvalue weighted by Gasteiger charge is 2.15. The Morgan fingerprint density at radius 2 is 2.00 bits per heavy atom. The molecule has 74 valence electrons. The van der Waals surface area contributed by atoms with Gasteiger partial charge in [-0.1, -0.05) is 6.07 Å². The van der Waals surface area contributed by atoms with Gasteiger partial charge >= 0.3 is 5.97 Å². The Labute approximate surface area is 81.4 Å². The maximum atomic E-state index is 13.3. The summed E-state index contributed by atoms with van der Waals surface area (Å²) in [6.07, 6.45) is 2.69. The fraction of sp³-hybridized carbons (Fsp3) is 0.364. The first-order valence-corrected chi connectivity index (χ1v) is 4.69. The molecule has 3 heteroatoms. The summed E-state index contributed by atoms with van der Waals surface area (Å²) in [6, 6.07) is 3.19. The van der Waals surface area contributed by atoms with Crippen LogP contribution >= 0.6 is 0 Å². The maximum absolute atomic E-state index is 13.3. The van der Waals surface area contributed by atoms with E-state index < -0.39 is 5.97 Å². The van der Waals surface area contributed by atoms with E-state index in [9.17, 15) is 9.18 Å². The third-order valence-electron chi connectivity index (χ3n) is 2.60. The molecule has 1 N–H and O–H groups in total. The quantitative estimate of drug-likeness (QED) is 0.781. The van der Waals surface area contributed by atoms with E-state index in [0.717, 1.165) is 30.4 Å². The summed E-state index contributed by atoms with van der Waals surface area (Å²) in [7, 11) is 0. The Kier molecular flexibility index (Phi) is 2.23. The van der Waals surface area contributed by atoms with Gasteiger partial charge in [0.1, 0.15) is 5.82 Å². The van der Waals surface area contributed by atoms with E-state index in [2.05, 4.69) is 0 Å². The Balaban J connectivity index is 2.37. The third kappa shape index (κ3) is 1.62. The van der Waals surface area contributed by atoms with Crippen LogP contribution in [0.15, 0.2) is 12.1 Å². The SMILES string of the molecule is O=C(O)Cc1cc2c(cc1F)CCC2. The van der Waals surface area contributed by atoms with Crippen molar-refractivity contribution in [2.75, 3.05) is 0 Å². The Morgan fingerprint density at radius 1 is 1.36 bits per heavy atom. The Bertz CT molecular complexity index is 385. The van der Waals surface area contributed by atoms with Crippen molar-refractivity contribution in [3.8, 4) is 0 Å². The molecule has 1 aliphatic carbocycles. The minimum atomic E-state index is -0.984. The lowest BCUT2D eigenvalue weighted by Crippen LogP contribution is -2.03. The number of carboxylic acids is 1. The summed E-state index contributed by atoms with van der Waals surface area (Å²) in [5, 5.41) is 8.57. The van der Waals surface area contributed by atoms with Crippen LogP contribution in [0.5, 0.6) is 0 Å². The number of hydrogen-bond donors (Lipinski definition) is 1. The normalized spacial score (nSPS) is 14.1. The van der Waals surface area contributed by atoms with Gasteiger partial charge in [-0.05, 0) is 42.0 Å². The van der Waals surface area contributed by atoms with Gasteiger partial charge in [0.05, 0.1) is 6.42 Å². The molecular weight excluding hydrogens is 183 g/mol. The Morgan fingerprint density at radius 3 is 2.64 bits per heavy atom. The first kappa shape index (κ1) is 9.19. The number of carbonyl (C=O) groups is 1. The van der Waals surface area contributed by atoms with Gasteiger partial charge in [0.2, 0.25) is 0 Å². The van der Waals surface area contributed by atoms with E-state index >= 15 is 0 Å². The summed E-state index contributed by atoms with van der Waals surface area (Å²) < 4.78 is 13.3.